The first kappa shape index (κ1) is 13.1. The van der Waals surface area contributed by atoms with Crippen LogP contribution in [0, 0.1) is 13.8 Å². The zero-order chi connectivity index (χ0) is 13.4. The van der Waals surface area contributed by atoms with Crippen LogP contribution in [-0.2, 0) is 4.74 Å². The smallest absolute Gasteiger partial charge is 0.257 e. The Morgan fingerprint density at radius 1 is 1.47 bits per heavy atom. The molecule has 1 amide bonds. The molecule has 19 heavy (non-hydrogen) atoms. The summed E-state index contributed by atoms with van der Waals surface area (Å²) in [4.78, 5) is 14.7. The van der Waals surface area contributed by atoms with E-state index < -0.39 is 0 Å². The molecule has 0 spiro atoms. The van der Waals surface area contributed by atoms with Gasteiger partial charge < -0.3 is 14.1 Å². The molecule has 1 aromatic heterocycles. The van der Waals surface area contributed by atoms with Crippen molar-refractivity contribution in [3.63, 3.8) is 0 Å². The number of furan rings is 1. The maximum atomic E-state index is 12.7. The number of rotatable bonds is 1. The predicted molar refractivity (Wildman–Crippen MR) is 74.7 cm³/mol. The number of fused-ring (bicyclic) bond motifs is 1. The number of nitrogens with zero attached hydrogens (tertiary/aromatic N) is 1. The van der Waals surface area contributed by atoms with E-state index in [1.54, 1.807) is 0 Å². The van der Waals surface area contributed by atoms with Crippen molar-refractivity contribution in [2.75, 3.05) is 25.5 Å². The van der Waals surface area contributed by atoms with E-state index in [2.05, 4.69) is 0 Å². The van der Waals surface area contributed by atoms with Gasteiger partial charge >= 0.3 is 0 Å². The van der Waals surface area contributed by atoms with Crippen LogP contribution in [0.4, 0.5) is 0 Å². The minimum absolute atomic E-state index is 0.117. The average Bonchev–Trinajstić information content (AvgIpc) is 2.76. The van der Waals surface area contributed by atoms with Crippen molar-refractivity contribution >= 4 is 17.7 Å². The van der Waals surface area contributed by atoms with Crippen LogP contribution < -0.4 is 0 Å². The van der Waals surface area contributed by atoms with Gasteiger partial charge in [-0.15, -0.1) is 0 Å². The van der Waals surface area contributed by atoms with E-state index >= 15 is 0 Å². The zero-order valence-corrected chi connectivity index (χ0v) is 12.2. The molecule has 0 N–H and O–H groups in total. The predicted octanol–water partition coefficient (Wildman–Crippen LogP) is 2.24. The van der Waals surface area contributed by atoms with Gasteiger partial charge in [0.1, 0.15) is 11.5 Å². The van der Waals surface area contributed by atoms with Crippen LogP contribution >= 0.6 is 11.8 Å². The first-order valence-corrected chi connectivity index (χ1v) is 7.79. The number of aryl methyl sites for hydroxylation is 2. The fraction of sp³-hybridized carbons (Fsp3) is 0.643. The molecule has 3 heterocycles. The molecule has 0 aromatic carbocycles. The number of amides is 1. The molecular formula is C14H19NO3S. The van der Waals surface area contributed by atoms with Crippen molar-refractivity contribution in [3.05, 3.63) is 23.2 Å². The molecule has 3 rings (SSSR count). The Hall–Kier alpha value is -0.940. The summed E-state index contributed by atoms with van der Waals surface area (Å²) in [6.45, 7) is 6.10. The third kappa shape index (κ3) is 2.41. The summed E-state index contributed by atoms with van der Waals surface area (Å²) in [6, 6.07) is 2.17. The van der Waals surface area contributed by atoms with Gasteiger partial charge in [-0.1, -0.05) is 0 Å². The molecule has 2 atom stereocenters. The normalized spacial score (nSPS) is 27.2. The second kappa shape index (κ2) is 5.21. The Kier molecular flexibility index (Phi) is 3.58. The number of ether oxygens (including phenoxy) is 1. The minimum atomic E-state index is 0.117. The van der Waals surface area contributed by atoms with Crippen LogP contribution in [-0.4, -0.2) is 47.6 Å². The summed E-state index contributed by atoms with van der Waals surface area (Å²) in [5.74, 6) is 2.64. The molecule has 2 fully saturated rings. The Morgan fingerprint density at radius 2 is 2.32 bits per heavy atom. The molecule has 0 saturated carbocycles. The highest BCUT2D eigenvalue weighted by atomic mass is 32.2. The lowest BCUT2D eigenvalue weighted by atomic mass is 10.0. The van der Waals surface area contributed by atoms with Crippen molar-refractivity contribution in [2.24, 2.45) is 0 Å². The van der Waals surface area contributed by atoms with Gasteiger partial charge in [0.25, 0.3) is 5.91 Å². The van der Waals surface area contributed by atoms with Crippen molar-refractivity contribution in [1.29, 1.82) is 0 Å². The summed E-state index contributed by atoms with van der Waals surface area (Å²) >= 11 is 1.93. The van der Waals surface area contributed by atoms with E-state index in [1.807, 2.05) is 36.6 Å². The number of carbonyl (C=O) groups excluding carboxylic acids is 1. The summed E-state index contributed by atoms with van der Waals surface area (Å²) in [7, 11) is 0. The summed E-state index contributed by atoms with van der Waals surface area (Å²) < 4.78 is 11.0. The molecule has 2 aliphatic heterocycles. The van der Waals surface area contributed by atoms with E-state index in [0.717, 1.165) is 49.0 Å². The fourth-order valence-corrected chi connectivity index (χ4v) is 4.24. The van der Waals surface area contributed by atoms with Crippen molar-refractivity contribution in [2.45, 2.75) is 31.6 Å². The first-order chi connectivity index (χ1) is 9.16. The topological polar surface area (TPSA) is 42.7 Å². The molecule has 0 bridgehead atoms. The number of hydrogen-bond donors (Lipinski definition) is 0. The van der Waals surface area contributed by atoms with Crippen LogP contribution in [0.3, 0.4) is 0 Å². The summed E-state index contributed by atoms with van der Waals surface area (Å²) in [5.41, 5.74) is 0.717. The molecule has 2 aliphatic rings. The molecule has 0 radical (unpaired) electrons. The standard InChI is InChI=1S/C14H19NO3S/c1-9-7-11(10(2)18-9)14(16)15-4-6-19-13-8-17-5-3-12(13)15/h7,12-13H,3-6,8H2,1-2H3. The van der Waals surface area contributed by atoms with Gasteiger partial charge in [-0.3, -0.25) is 4.79 Å². The van der Waals surface area contributed by atoms with Crippen molar-refractivity contribution < 1.29 is 13.9 Å². The Balaban J connectivity index is 1.83. The Bertz CT molecular complexity index is 483. The lowest BCUT2D eigenvalue weighted by molar-refractivity contribution is 0.0318. The maximum Gasteiger partial charge on any atom is 0.257 e. The highest BCUT2D eigenvalue weighted by Gasteiger charge is 2.37. The molecule has 5 heteroatoms. The van der Waals surface area contributed by atoms with Crippen molar-refractivity contribution in [3.8, 4) is 0 Å². The van der Waals surface area contributed by atoms with E-state index in [9.17, 15) is 4.79 Å². The fourth-order valence-electron chi connectivity index (χ4n) is 2.93. The number of carbonyl (C=O) groups is 1. The largest absolute Gasteiger partial charge is 0.466 e. The third-order valence-corrected chi connectivity index (χ3v) is 5.16. The molecule has 2 unspecified atom stereocenters. The zero-order valence-electron chi connectivity index (χ0n) is 11.3. The monoisotopic (exact) mass is 281 g/mol. The van der Waals surface area contributed by atoms with Gasteiger partial charge in [0.2, 0.25) is 0 Å². The van der Waals surface area contributed by atoms with Crippen LogP contribution in [0.2, 0.25) is 0 Å². The summed E-state index contributed by atoms with van der Waals surface area (Å²) in [5, 5.41) is 0.430. The summed E-state index contributed by atoms with van der Waals surface area (Å²) in [6.07, 6.45) is 0.944. The van der Waals surface area contributed by atoms with Gasteiger partial charge in [-0.25, -0.2) is 0 Å². The molecule has 104 valence electrons. The second-order valence-electron chi connectivity index (χ2n) is 5.17. The highest BCUT2D eigenvalue weighted by Crippen LogP contribution is 2.31. The highest BCUT2D eigenvalue weighted by molar-refractivity contribution is 8.00. The van der Waals surface area contributed by atoms with Crippen LogP contribution in [0.5, 0.6) is 0 Å². The lowest BCUT2D eigenvalue weighted by Gasteiger charge is -2.43. The van der Waals surface area contributed by atoms with Crippen LogP contribution in [0.15, 0.2) is 10.5 Å². The van der Waals surface area contributed by atoms with Gasteiger partial charge in [0.15, 0.2) is 0 Å². The molecular weight excluding hydrogens is 262 g/mol. The lowest BCUT2D eigenvalue weighted by Crippen LogP contribution is -2.54. The quantitative estimate of drug-likeness (QED) is 0.792. The van der Waals surface area contributed by atoms with E-state index in [0.29, 0.717) is 11.3 Å². The van der Waals surface area contributed by atoms with Crippen molar-refractivity contribution in [1.82, 2.24) is 4.90 Å². The SMILES string of the molecule is Cc1cc(C(=O)N2CCSC3COCCC32)c(C)o1. The van der Waals surface area contributed by atoms with E-state index in [1.165, 1.54) is 0 Å². The maximum absolute atomic E-state index is 12.7. The third-order valence-electron chi connectivity index (χ3n) is 3.87. The minimum Gasteiger partial charge on any atom is -0.466 e. The molecule has 2 saturated heterocycles. The van der Waals surface area contributed by atoms with Gasteiger partial charge in [0, 0.05) is 30.2 Å². The Labute approximate surface area is 117 Å². The second-order valence-corrected chi connectivity index (χ2v) is 6.51. The van der Waals surface area contributed by atoms with Gasteiger partial charge in [0.05, 0.1) is 12.2 Å². The molecule has 1 aromatic rings. The molecule has 0 aliphatic carbocycles. The number of thioether (sulfide) groups is 1. The van der Waals surface area contributed by atoms with E-state index in [-0.39, 0.29) is 5.91 Å². The van der Waals surface area contributed by atoms with Gasteiger partial charge in [-0.2, -0.15) is 11.8 Å². The molecule has 4 nitrogen and oxygen atoms in total. The number of hydrogen-bond acceptors (Lipinski definition) is 4. The first-order valence-electron chi connectivity index (χ1n) is 6.74. The Morgan fingerprint density at radius 3 is 3.05 bits per heavy atom. The van der Waals surface area contributed by atoms with Crippen LogP contribution in [0.1, 0.15) is 28.3 Å². The van der Waals surface area contributed by atoms with Crippen LogP contribution in [0.25, 0.3) is 0 Å². The van der Waals surface area contributed by atoms with Gasteiger partial charge in [-0.05, 0) is 26.3 Å². The van der Waals surface area contributed by atoms with E-state index in [4.69, 9.17) is 9.15 Å². The average molecular weight is 281 g/mol.